The molecule has 4 nitrogen and oxygen atoms in total. The molecular formula is C14H11Br2N3O. The zero-order valence-electron chi connectivity index (χ0n) is 10.4. The summed E-state index contributed by atoms with van der Waals surface area (Å²) in [6.07, 6.45) is 1.81. The van der Waals surface area contributed by atoms with Crippen LogP contribution < -0.4 is 5.73 Å². The molecule has 0 aliphatic heterocycles. The number of anilines is 1. The number of nitrogens with two attached hydrogens (primary N) is 1. The van der Waals surface area contributed by atoms with Crippen molar-refractivity contribution in [2.75, 3.05) is 5.73 Å². The molecule has 0 aliphatic rings. The van der Waals surface area contributed by atoms with Crippen LogP contribution in [0.2, 0.25) is 0 Å². The predicted octanol–water partition coefficient (Wildman–Crippen LogP) is 4.30. The van der Waals surface area contributed by atoms with Gasteiger partial charge in [-0.2, -0.15) is 5.10 Å². The van der Waals surface area contributed by atoms with E-state index in [0.29, 0.717) is 28.4 Å². The molecule has 0 atom stereocenters. The summed E-state index contributed by atoms with van der Waals surface area (Å²) in [5.41, 5.74) is 8.40. The minimum Gasteiger partial charge on any atom is -0.448 e. The summed E-state index contributed by atoms with van der Waals surface area (Å²) in [5, 5.41) is 4.48. The molecule has 3 rings (SSSR count). The van der Waals surface area contributed by atoms with Crippen molar-refractivity contribution in [3.8, 4) is 11.5 Å². The quantitative estimate of drug-likeness (QED) is 0.717. The van der Waals surface area contributed by atoms with Crippen molar-refractivity contribution >= 4 is 37.5 Å². The highest BCUT2D eigenvalue weighted by Crippen LogP contribution is 2.28. The fraction of sp³-hybridized carbons (Fsp3) is 0.0714. The number of benzene rings is 1. The van der Waals surface area contributed by atoms with Crippen molar-refractivity contribution in [3.63, 3.8) is 0 Å². The molecule has 0 fully saturated rings. The van der Waals surface area contributed by atoms with E-state index in [2.05, 4.69) is 43.0 Å². The number of hydrogen-bond donors (Lipinski definition) is 1. The molecule has 0 spiro atoms. The minimum absolute atomic E-state index is 0.599. The van der Waals surface area contributed by atoms with Gasteiger partial charge in [0.2, 0.25) is 0 Å². The fourth-order valence-corrected chi connectivity index (χ4v) is 2.73. The van der Waals surface area contributed by atoms with Gasteiger partial charge in [0.15, 0.2) is 16.1 Å². The van der Waals surface area contributed by atoms with Gasteiger partial charge in [0.1, 0.15) is 0 Å². The molecule has 0 saturated carbocycles. The molecule has 20 heavy (non-hydrogen) atoms. The van der Waals surface area contributed by atoms with E-state index in [1.54, 1.807) is 0 Å². The van der Waals surface area contributed by atoms with E-state index in [0.717, 1.165) is 10.0 Å². The normalized spacial score (nSPS) is 10.9. The van der Waals surface area contributed by atoms with Gasteiger partial charge >= 0.3 is 0 Å². The second-order valence-electron chi connectivity index (χ2n) is 4.36. The lowest BCUT2D eigenvalue weighted by molar-refractivity contribution is 0.551. The van der Waals surface area contributed by atoms with Crippen molar-refractivity contribution in [3.05, 3.63) is 57.3 Å². The molecule has 0 bridgehead atoms. The smallest absolute Gasteiger partial charge is 0.169 e. The highest BCUT2D eigenvalue weighted by Gasteiger charge is 2.12. The summed E-state index contributed by atoms with van der Waals surface area (Å²) >= 11 is 6.74. The first-order valence-electron chi connectivity index (χ1n) is 5.95. The average molecular weight is 397 g/mol. The van der Waals surface area contributed by atoms with Crippen LogP contribution in [0.3, 0.4) is 0 Å². The van der Waals surface area contributed by atoms with Gasteiger partial charge in [-0.05, 0) is 45.8 Å². The number of halogens is 2. The van der Waals surface area contributed by atoms with Gasteiger partial charge in [-0.3, -0.25) is 4.68 Å². The molecule has 3 aromatic rings. The van der Waals surface area contributed by atoms with Gasteiger partial charge in [-0.1, -0.05) is 28.1 Å². The maximum Gasteiger partial charge on any atom is 0.169 e. The maximum absolute atomic E-state index is 6.00. The van der Waals surface area contributed by atoms with E-state index < -0.39 is 0 Å². The minimum atomic E-state index is 0.599. The Hall–Kier alpha value is -1.53. The molecule has 0 unspecified atom stereocenters. The Balaban J connectivity index is 1.89. The van der Waals surface area contributed by atoms with Gasteiger partial charge in [0, 0.05) is 10.7 Å². The topological polar surface area (TPSA) is 57.0 Å². The van der Waals surface area contributed by atoms with Crippen molar-refractivity contribution in [2.24, 2.45) is 0 Å². The van der Waals surface area contributed by atoms with Crippen LogP contribution in [0.15, 0.2) is 56.2 Å². The third-order valence-electron chi connectivity index (χ3n) is 2.83. The Kier molecular flexibility index (Phi) is 3.67. The molecular weight excluding hydrogens is 386 g/mol. The molecule has 2 N–H and O–H groups in total. The van der Waals surface area contributed by atoms with E-state index in [-0.39, 0.29) is 0 Å². The third-order valence-corrected chi connectivity index (χ3v) is 3.75. The average Bonchev–Trinajstić information content (AvgIpc) is 2.96. The highest BCUT2D eigenvalue weighted by atomic mass is 79.9. The first-order chi connectivity index (χ1) is 9.61. The molecule has 2 aromatic heterocycles. The van der Waals surface area contributed by atoms with Crippen LogP contribution in [0.5, 0.6) is 0 Å². The van der Waals surface area contributed by atoms with Crippen molar-refractivity contribution in [2.45, 2.75) is 6.54 Å². The predicted molar refractivity (Wildman–Crippen MR) is 85.3 cm³/mol. The first-order valence-corrected chi connectivity index (χ1v) is 7.53. The fourth-order valence-electron chi connectivity index (χ4n) is 1.97. The number of rotatable bonds is 3. The lowest BCUT2D eigenvalue weighted by Crippen LogP contribution is -2.00. The largest absolute Gasteiger partial charge is 0.448 e. The number of furan rings is 1. The second-order valence-corrected chi connectivity index (χ2v) is 6.06. The van der Waals surface area contributed by atoms with E-state index in [9.17, 15) is 0 Å². The number of hydrogen-bond acceptors (Lipinski definition) is 3. The molecule has 102 valence electrons. The summed E-state index contributed by atoms with van der Waals surface area (Å²) in [6.45, 7) is 0.658. The Morgan fingerprint density at radius 2 is 2.05 bits per heavy atom. The van der Waals surface area contributed by atoms with Gasteiger partial charge < -0.3 is 10.2 Å². The van der Waals surface area contributed by atoms with Crippen LogP contribution in [-0.2, 0) is 6.54 Å². The summed E-state index contributed by atoms with van der Waals surface area (Å²) < 4.78 is 9.00. The second kappa shape index (κ2) is 5.46. The Bertz CT molecular complexity index is 748. The maximum atomic E-state index is 6.00. The van der Waals surface area contributed by atoms with Crippen molar-refractivity contribution in [1.29, 1.82) is 0 Å². The zero-order chi connectivity index (χ0) is 14.1. The lowest BCUT2D eigenvalue weighted by Gasteiger charge is -2.02. The Morgan fingerprint density at radius 3 is 2.75 bits per heavy atom. The van der Waals surface area contributed by atoms with E-state index >= 15 is 0 Å². The van der Waals surface area contributed by atoms with Crippen LogP contribution in [0, 0.1) is 0 Å². The highest BCUT2D eigenvalue weighted by molar-refractivity contribution is 9.10. The summed E-state index contributed by atoms with van der Waals surface area (Å²) in [7, 11) is 0. The van der Waals surface area contributed by atoms with Gasteiger partial charge in [-0.25, -0.2) is 0 Å². The Morgan fingerprint density at radius 1 is 1.20 bits per heavy atom. The molecule has 0 saturated heterocycles. The molecule has 0 radical (unpaired) electrons. The van der Waals surface area contributed by atoms with Gasteiger partial charge in [0.05, 0.1) is 12.2 Å². The molecule has 1 aromatic carbocycles. The SMILES string of the molecule is Nc1cn(Cc2cccc(Br)c2)nc1-c1ccc(Br)o1. The van der Waals surface area contributed by atoms with Gasteiger partial charge in [-0.15, -0.1) is 0 Å². The van der Waals surface area contributed by atoms with Crippen LogP contribution in [-0.4, -0.2) is 9.78 Å². The molecule has 2 heterocycles. The molecule has 6 heteroatoms. The summed E-state index contributed by atoms with van der Waals surface area (Å²) in [4.78, 5) is 0. The number of nitrogens with zero attached hydrogens (tertiary/aromatic N) is 2. The number of aromatic nitrogens is 2. The molecule has 0 amide bonds. The summed E-state index contributed by atoms with van der Waals surface area (Å²) in [6, 6.07) is 11.8. The van der Waals surface area contributed by atoms with Crippen LogP contribution in [0.25, 0.3) is 11.5 Å². The third kappa shape index (κ3) is 2.81. The van der Waals surface area contributed by atoms with E-state index in [1.165, 1.54) is 0 Å². The van der Waals surface area contributed by atoms with E-state index in [4.69, 9.17) is 10.2 Å². The van der Waals surface area contributed by atoms with Crippen molar-refractivity contribution in [1.82, 2.24) is 9.78 Å². The van der Waals surface area contributed by atoms with Crippen molar-refractivity contribution < 1.29 is 4.42 Å². The Labute approximate surface area is 132 Å². The standard InChI is InChI=1S/C14H11Br2N3O/c15-10-3-1-2-9(6-10)7-19-8-11(17)14(18-19)12-4-5-13(16)20-12/h1-6,8H,7,17H2. The van der Waals surface area contributed by atoms with Gasteiger partial charge in [0.25, 0.3) is 0 Å². The van der Waals surface area contributed by atoms with E-state index in [1.807, 2.05) is 41.2 Å². The van der Waals surface area contributed by atoms with Crippen LogP contribution in [0.4, 0.5) is 5.69 Å². The van der Waals surface area contributed by atoms with Crippen LogP contribution >= 0.6 is 31.9 Å². The monoisotopic (exact) mass is 395 g/mol. The number of nitrogen functional groups attached to an aromatic ring is 1. The molecule has 0 aliphatic carbocycles. The summed E-state index contributed by atoms with van der Waals surface area (Å²) in [5.74, 6) is 0.655. The zero-order valence-corrected chi connectivity index (χ0v) is 13.6. The first kappa shape index (κ1) is 13.5. The van der Waals surface area contributed by atoms with Crippen LogP contribution in [0.1, 0.15) is 5.56 Å². The lowest BCUT2D eigenvalue weighted by atomic mass is 10.2.